The molecule has 1 aromatic rings. The SMILES string of the molecule is CN(C)CC(O)CNc1ccc(F)c(F)c1. The Hall–Kier alpha value is -1.20. The zero-order valence-electron chi connectivity index (χ0n) is 9.37. The van der Waals surface area contributed by atoms with Crippen LogP contribution in [0.5, 0.6) is 0 Å². The summed E-state index contributed by atoms with van der Waals surface area (Å²) in [6.45, 7) is 0.805. The van der Waals surface area contributed by atoms with E-state index in [1.807, 2.05) is 19.0 Å². The van der Waals surface area contributed by atoms with Gasteiger partial charge in [0, 0.05) is 24.8 Å². The van der Waals surface area contributed by atoms with Gasteiger partial charge in [0.25, 0.3) is 0 Å². The van der Waals surface area contributed by atoms with Crippen molar-refractivity contribution in [1.82, 2.24) is 4.90 Å². The largest absolute Gasteiger partial charge is 0.390 e. The van der Waals surface area contributed by atoms with Crippen LogP contribution in [0.3, 0.4) is 0 Å². The molecule has 0 saturated carbocycles. The summed E-state index contributed by atoms with van der Waals surface area (Å²) in [6, 6.07) is 3.55. The fourth-order valence-electron chi connectivity index (χ4n) is 1.33. The Labute approximate surface area is 93.7 Å². The van der Waals surface area contributed by atoms with Crippen molar-refractivity contribution < 1.29 is 13.9 Å². The van der Waals surface area contributed by atoms with Gasteiger partial charge in [-0.25, -0.2) is 8.78 Å². The van der Waals surface area contributed by atoms with Crippen molar-refractivity contribution in [2.75, 3.05) is 32.5 Å². The Bertz CT molecular complexity index is 345. The van der Waals surface area contributed by atoms with E-state index in [0.717, 1.165) is 12.1 Å². The number of rotatable bonds is 5. The van der Waals surface area contributed by atoms with E-state index in [1.165, 1.54) is 6.07 Å². The lowest BCUT2D eigenvalue weighted by Gasteiger charge is -2.17. The number of hydrogen-bond donors (Lipinski definition) is 2. The third-order valence-corrected chi connectivity index (χ3v) is 2.04. The highest BCUT2D eigenvalue weighted by Crippen LogP contribution is 2.12. The van der Waals surface area contributed by atoms with Gasteiger partial charge in [0.05, 0.1) is 6.10 Å². The van der Waals surface area contributed by atoms with Crippen molar-refractivity contribution in [2.24, 2.45) is 0 Å². The summed E-state index contributed by atoms with van der Waals surface area (Å²) < 4.78 is 25.4. The van der Waals surface area contributed by atoms with E-state index in [-0.39, 0.29) is 0 Å². The Morgan fingerprint density at radius 3 is 2.56 bits per heavy atom. The van der Waals surface area contributed by atoms with Crippen molar-refractivity contribution in [3.63, 3.8) is 0 Å². The van der Waals surface area contributed by atoms with Crippen LogP contribution < -0.4 is 5.32 Å². The Morgan fingerprint density at radius 1 is 1.31 bits per heavy atom. The molecule has 0 saturated heterocycles. The van der Waals surface area contributed by atoms with Gasteiger partial charge in [0.1, 0.15) is 0 Å². The first-order chi connectivity index (χ1) is 7.49. The molecule has 90 valence electrons. The topological polar surface area (TPSA) is 35.5 Å². The molecule has 0 aliphatic heterocycles. The van der Waals surface area contributed by atoms with E-state index in [0.29, 0.717) is 18.8 Å². The van der Waals surface area contributed by atoms with Gasteiger partial charge >= 0.3 is 0 Å². The number of hydrogen-bond acceptors (Lipinski definition) is 3. The molecule has 0 aliphatic rings. The minimum absolute atomic E-state index is 0.295. The standard InChI is InChI=1S/C11H16F2N2O/c1-15(2)7-9(16)6-14-8-3-4-10(12)11(13)5-8/h3-5,9,14,16H,6-7H2,1-2H3. The number of benzene rings is 1. The van der Waals surface area contributed by atoms with Crippen molar-refractivity contribution >= 4 is 5.69 Å². The first-order valence-electron chi connectivity index (χ1n) is 5.00. The predicted molar refractivity (Wildman–Crippen MR) is 59.4 cm³/mol. The fraction of sp³-hybridized carbons (Fsp3) is 0.455. The maximum atomic E-state index is 12.8. The highest BCUT2D eigenvalue weighted by molar-refractivity contribution is 5.43. The lowest BCUT2D eigenvalue weighted by molar-refractivity contribution is 0.148. The fourth-order valence-corrected chi connectivity index (χ4v) is 1.33. The van der Waals surface area contributed by atoms with E-state index in [9.17, 15) is 13.9 Å². The summed E-state index contributed by atoms with van der Waals surface area (Å²) in [5, 5.41) is 12.4. The Balaban J connectivity index is 2.45. The van der Waals surface area contributed by atoms with E-state index >= 15 is 0 Å². The summed E-state index contributed by atoms with van der Waals surface area (Å²) >= 11 is 0. The van der Waals surface area contributed by atoms with Gasteiger partial charge in [-0.15, -0.1) is 0 Å². The molecule has 0 radical (unpaired) electrons. The van der Waals surface area contributed by atoms with Gasteiger partial charge < -0.3 is 15.3 Å². The molecule has 0 amide bonds. The van der Waals surface area contributed by atoms with E-state index in [1.54, 1.807) is 0 Å². The quantitative estimate of drug-likeness (QED) is 0.800. The molecular weight excluding hydrogens is 214 g/mol. The molecule has 2 N–H and O–H groups in total. The normalized spacial score (nSPS) is 12.9. The van der Waals surface area contributed by atoms with E-state index < -0.39 is 17.7 Å². The molecule has 5 heteroatoms. The van der Waals surface area contributed by atoms with Crippen LogP contribution in [0.4, 0.5) is 14.5 Å². The van der Waals surface area contributed by atoms with E-state index in [2.05, 4.69) is 5.32 Å². The van der Waals surface area contributed by atoms with E-state index in [4.69, 9.17) is 0 Å². The van der Waals surface area contributed by atoms with Crippen molar-refractivity contribution in [3.05, 3.63) is 29.8 Å². The van der Waals surface area contributed by atoms with Crippen LogP contribution in [-0.4, -0.2) is 43.3 Å². The molecule has 16 heavy (non-hydrogen) atoms. The molecule has 0 heterocycles. The maximum absolute atomic E-state index is 12.8. The molecule has 1 unspecified atom stereocenters. The lowest BCUT2D eigenvalue weighted by Crippen LogP contribution is -2.31. The third-order valence-electron chi connectivity index (χ3n) is 2.04. The maximum Gasteiger partial charge on any atom is 0.160 e. The molecule has 1 rings (SSSR count). The van der Waals surface area contributed by atoms with Crippen molar-refractivity contribution in [3.8, 4) is 0 Å². The average molecular weight is 230 g/mol. The molecule has 0 aromatic heterocycles. The molecular formula is C11H16F2N2O. The number of aliphatic hydroxyl groups excluding tert-OH is 1. The predicted octanol–water partition coefficient (Wildman–Crippen LogP) is 1.30. The molecule has 1 atom stereocenters. The van der Waals surface area contributed by atoms with Gasteiger partial charge in [0.2, 0.25) is 0 Å². The van der Waals surface area contributed by atoms with Crippen LogP contribution in [-0.2, 0) is 0 Å². The number of halogens is 2. The smallest absolute Gasteiger partial charge is 0.160 e. The highest BCUT2D eigenvalue weighted by atomic mass is 19.2. The van der Waals surface area contributed by atoms with Crippen molar-refractivity contribution in [2.45, 2.75) is 6.10 Å². The van der Waals surface area contributed by atoms with Gasteiger partial charge in [0.15, 0.2) is 11.6 Å². The third kappa shape index (κ3) is 4.12. The highest BCUT2D eigenvalue weighted by Gasteiger charge is 2.06. The molecule has 0 spiro atoms. The minimum Gasteiger partial charge on any atom is -0.390 e. The molecule has 1 aromatic carbocycles. The Kier molecular flexibility index (Phi) is 4.64. The summed E-state index contributed by atoms with van der Waals surface area (Å²) in [7, 11) is 3.70. The average Bonchev–Trinajstić information content (AvgIpc) is 2.19. The Morgan fingerprint density at radius 2 is 2.00 bits per heavy atom. The second kappa shape index (κ2) is 5.77. The second-order valence-corrected chi connectivity index (χ2v) is 3.93. The number of nitrogens with zero attached hydrogens (tertiary/aromatic N) is 1. The van der Waals surface area contributed by atoms with Crippen LogP contribution in [0, 0.1) is 11.6 Å². The summed E-state index contributed by atoms with van der Waals surface area (Å²) in [5.74, 6) is -1.77. The summed E-state index contributed by atoms with van der Waals surface area (Å²) in [5.41, 5.74) is 0.455. The zero-order chi connectivity index (χ0) is 12.1. The van der Waals surface area contributed by atoms with Crippen molar-refractivity contribution in [1.29, 1.82) is 0 Å². The summed E-state index contributed by atoms with van der Waals surface area (Å²) in [6.07, 6.45) is -0.553. The number of nitrogens with one attached hydrogen (secondary N) is 1. The van der Waals surface area contributed by atoms with Gasteiger partial charge in [-0.2, -0.15) is 0 Å². The van der Waals surface area contributed by atoms with Gasteiger partial charge in [-0.3, -0.25) is 0 Å². The molecule has 0 fully saturated rings. The molecule has 0 aliphatic carbocycles. The second-order valence-electron chi connectivity index (χ2n) is 3.93. The van der Waals surface area contributed by atoms with Crippen LogP contribution >= 0.6 is 0 Å². The van der Waals surface area contributed by atoms with Crippen LogP contribution in [0.2, 0.25) is 0 Å². The van der Waals surface area contributed by atoms with Crippen LogP contribution in [0.25, 0.3) is 0 Å². The van der Waals surface area contributed by atoms with Crippen LogP contribution in [0.1, 0.15) is 0 Å². The summed E-state index contributed by atoms with van der Waals surface area (Å²) in [4.78, 5) is 1.84. The number of anilines is 1. The molecule has 0 bridgehead atoms. The lowest BCUT2D eigenvalue weighted by atomic mass is 10.2. The first-order valence-corrected chi connectivity index (χ1v) is 5.00. The zero-order valence-corrected chi connectivity index (χ0v) is 9.37. The van der Waals surface area contributed by atoms with Crippen LogP contribution in [0.15, 0.2) is 18.2 Å². The monoisotopic (exact) mass is 230 g/mol. The minimum atomic E-state index is -0.896. The first kappa shape index (κ1) is 12.9. The van der Waals surface area contributed by atoms with Gasteiger partial charge in [-0.05, 0) is 26.2 Å². The van der Waals surface area contributed by atoms with Gasteiger partial charge in [-0.1, -0.05) is 0 Å². The number of aliphatic hydroxyl groups is 1. The molecule has 3 nitrogen and oxygen atoms in total. The number of likely N-dealkylation sites (N-methyl/N-ethyl adjacent to an activating group) is 1.